The van der Waals surface area contributed by atoms with Gasteiger partial charge in [-0.2, -0.15) is 0 Å². The van der Waals surface area contributed by atoms with Crippen LogP contribution in [0.5, 0.6) is 5.75 Å². The number of hydrogen-bond donors (Lipinski definition) is 0. The molecule has 0 amide bonds. The Balaban J connectivity index is 2.53. The molecule has 0 aliphatic rings. The molecule has 1 rings (SSSR count). The third kappa shape index (κ3) is 3.01. The molecule has 0 saturated heterocycles. The molecule has 1 aromatic rings. The van der Waals surface area contributed by atoms with Crippen molar-refractivity contribution < 1.29 is 25.9 Å². The third-order valence-electron chi connectivity index (χ3n) is 1.50. The second-order valence-corrected chi connectivity index (χ2v) is 4.82. The molecule has 0 radical (unpaired) electrons. The fourth-order valence-corrected chi connectivity index (χ4v) is 1.96. The Kier molecular flexibility index (Phi) is 4.43. The van der Waals surface area contributed by atoms with Crippen LogP contribution in [-0.4, -0.2) is 11.5 Å². The van der Waals surface area contributed by atoms with Gasteiger partial charge in [-0.1, -0.05) is 0 Å². The van der Waals surface area contributed by atoms with E-state index < -0.39 is 0 Å². The van der Waals surface area contributed by atoms with Crippen molar-refractivity contribution in [3.63, 3.8) is 0 Å². The van der Waals surface area contributed by atoms with Gasteiger partial charge in [-0.05, 0) is 0 Å². The summed E-state index contributed by atoms with van der Waals surface area (Å²) >= 11 is 0.227. The average molecular weight is 277 g/mol. The fraction of sp³-hybridized carbons (Fsp3) is 0.400. The molecule has 0 N–H and O–H groups in total. The number of ether oxygens (including phenoxy) is 1. The zero-order valence-electron chi connectivity index (χ0n) is 7.51. The van der Waals surface area contributed by atoms with Crippen molar-refractivity contribution in [3.05, 3.63) is 27.8 Å². The average Bonchev–Trinajstić information content (AvgIpc) is 2.15. The Hall–Kier alpha value is -0.250. The van der Waals surface area contributed by atoms with Gasteiger partial charge in [0, 0.05) is 0 Å². The van der Waals surface area contributed by atoms with Crippen LogP contribution < -0.4 is 25.9 Å². The standard InChI is InChI=1S/C10H14IO/c1-3-8-12-10-6-4-9(11-2)5-7-10/h4-7H,3,8H2,1-2H3/q-1. The van der Waals surface area contributed by atoms with Gasteiger partial charge < -0.3 is 0 Å². The van der Waals surface area contributed by atoms with Crippen LogP contribution in [0, 0.1) is 3.57 Å². The van der Waals surface area contributed by atoms with Gasteiger partial charge in [0.05, 0.1) is 0 Å². The molecule has 0 aliphatic carbocycles. The van der Waals surface area contributed by atoms with Crippen LogP contribution in [0.15, 0.2) is 24.3 Å². The van der Waals surface area contributed by atoms with Gasteiger partial charge in [-0.25, -0.2) is 0 Å². The zero-order valence-corrected chi connectivity index (χ0v) is 9.67. The van der Waals surface area contributed by atoms with E-state index in [0.29, 0.717) is 0 Å². The Bertz CT molecular complexity index is 218. The molecule has 2 heteroatoms. The van der Waals surface area contributed by atoms with E-state index >= 15 is 0 Å². The van der Waals surface area contributed by atoms with Gasteiger partial charge in [0.25, 0.3) is 0 Å². The van der Waals surface area contributed by atoms with Crippen molar-refractivity contribution in [1.29, 1.82) is 0 Å². The molecule has 1 nitrogen and oxygen atoms in total. The topological polar surface area (TPSA) is 9.23 Å². The Labute approximate surface area is 84.4 Å². The summed E-state index contributed by atoms with van der Waals surface area (Å²) in [6.45, 7) is 2.94. The van der Waals surface area contributed by atoms with Gasteiger partial charge in [0.1, 0.15) is 0 Å². The third-order valence-corrected chi connectivity index (χ3v) is 3.47. The molecule has 12 heavy (non-hydrogen) atoms. The molecule has 0 aromatic heterocycles. The maximum atomic E-state index is 5.47. The van der Waals surface area contributed by atoms with Crippen molar-refractivity contribution >= 4 is 0 Å². The number of halogens is 1. The van der Waals surface area contributed by atoms with Crippen LogP contribution in [0.4, 0.5) is 0 Å². The van der Waals surface area contributed by atoms with Crippen LogP contribution in [-0.2, 0) is 0 Å². The molecular formula is C10H14IO-. The minimum atomic E-state index is 0.227. The number of rotatable bonds is 4. The van der Waals surface area contributed by atoms with E-state index in [1.54, 1.807) is 0 Å². The summed E-state index contributed by atoms with van der Waals surface area (Å²) in [5.74, 6) is 0.998. The first-order valence-corrected chi connectivity index (χ1v) is 7.32. The summed E-state index contributed by atoms with van der Waals surface area (Å²) in [5, 5.41) is 0. The van der Waals surface area contributed by atoms with Crippen molar-refractivity contribution in [2.24, 2.45) is 0 Å². The van der Waals surface area contributed by atoms with Crippen LogP contribution in [0.3, 0.4) is 0 Å². The van der Waals surface area contributed by atoms with Crippen LogP contribution >= 0.6 is 0 Å². The summed E-state index contributed by atoms with van der Waals surface area (Å²) in [6.07, 6.45) is 1.07. The second-order valence-electron chi connectivity index (χ2n) is 2.49. The fourth-order valence-electron chi connectivity index (χ4n) is 0.877. The maximum absolute atomic E-state index is 5.47. The molecule has 0 atom stereocenters. The first-order chi connectivity index (χ1) is 5.86. The molecule has 0 bridgehead atoms. The van der Waals surface area contributed by atoms with E-state index in [-0.39, 0.29) is 21.2 Å². The molecule has 68 valence electrons. The SMILES string of the molecule is CCCOc1ccc([I-]C)cc1. The number of alkyl halides is 1. The summed E-state index contributed by atoms with van der Waals surface area (Å²) in [4.78, 5) is 2.26. The van der Waals surface area contributed by atoms with Crippen LogP contribution in [0.1, 0.15) is 13.3 Å². The molecule has 0 saturated carbocycles. The van der Waals surface area contributed by atoms with E-state index in [0.717, 1.165) is 18.8 Å². The van der Waals surface area contributed by atoms with E-state index in [1.165, 1.54) is 3.57 Å². The molecule has 1 aromatic carbocycles. The van der Waals surface area contributed by atoms with Crippen molar-refractivity contribution in [3.8, 4) is 5.75 Å². The minimum absolute atomic E-state index is 0.227. The van der Waals surface area contributed by atoms with Gasteiger partial charge in [0.2, 0.25) is 0 Å². The van der Waals surface area contributed by atoms with Gasteiger partial charge in [-0.3, -0.25) is 0 Å². The van der Waals surface area contributed by atoms with Gasteiger partial charge in [-0.15, -0.1) is 0 Å². The normalized spacial score (nSPS) is 10.2. The summed E-state index contributed by atoms with van der Waals surface area (Å²) < 4.78 is 6.94. The predicted molar refractivity (Wildman–Crippen MR) is 46.8 cm³/mol. The molecule has 0 spiro atoms. The monoisotopic (exact) mass is 277 g/mol. The van der Waals surface area contributed by atoms with Crippen LogP contribution in [0.25, 0.3) is 0 Å². The van der Waals surface area contributed by atoms with E-state index in [1.807, 2.05) is 0 Å². The molecule has 0 heterocycles. The summed E-state index contributed by atoms with van der Waals surface area (Å²) in [6, 6.07) is 8.46. The van der Waals surface area contributed by atoms with Gasteiger partial charge >= 0.3 is 84.4 Å². The van der Waals surface area contributed by atoms with E-state index in [4.69, 9.17) is 4.74 Å². The van der Waals surface area contributed by atoms with Gasteiger partial charge in [0.15, 0.2) is 0 Å². The van der Waals surface area contributed by atoms with Crippen LogP contribution in [0.2, 0.25) is 0 Å². The number of hydrogen-bond acceptors (Lipinski definition) is 1. The first kappa shape index (κ1) is 9.84. The Morgan fingerprint density at radius 3 is 2.42 bits per heavy atom. The van der Waals surface area contributed by atoms with E-state index in [2.05, 4.69) is 36.1 Å². The molecule has 0 fully saturated rings. The number of benzene rings is 1. The first-order valence-electron chi connectivity index (χ1n) is 4.09. The van der Waals surface area contributed by atoms with Crippen molar-refractivity contribution in [2.75, 3.05) is 11.5 Å². The molecular weight excluding hydrogens is 263 g/mol. The van der Waals surface area contributed by atoms with E-state index in [9.17, 15) is 0 Å². The van der Waals surface area contributed by atoms with Crippen molar-refractivity contribution in [1.82, 2.24) is 0 Å². The Morgan fingerprint density at radius 1 is 1.25 bits per heavy atom. The Morgan fingerprint density at radius 2 is 1.92 bits per heavy atom. The molecule has 0 unspecified atom stereocenters. The zero-order chi connectivity index (χ0) is 8.81. The summed E-state index contributed by atoms with van der Waals surface area (Å²) in [5.41, 5.74) is 0. The second kappa shape index (κ2) is 5.41. The van der Waals surface area contributed by atoms with Crippen molar-refractivity contribution in [2.45, 2.75) is 13.3 Å². The summed E-state index contributed by atoms with van der Waals surface area (Å²) in [7, 11) is 0. The molecule has 0 aliphatic heterocycles. The predicted octanol–water partition coefficient (Wildman–Crippen LogP) is -0.636. The quantitative estimate of drug-likeness (QED) is 0.526.